The summed E-state index contributed by atoms with van der Waals surface area (Å²) in [7, 11) is 2.29. The average molecular weight is 169 g/mol. The first kappa shape index (κ1) is 8.66. The molecule has 0 spiro atoms. The summed E-state index contributed by atoms with van der Waals surface area (Å²) >= 11 is 0. The Hall–Kier alpha value is -0.430. The summed E-state index contributed by atoms with van der Waals surface area (Å²) in [6.45, 7) is 2.67. The standard InChI is InChI=1S/C8H12NOP/c1-7-3-2-4-8(5-7)6-10-9-11/h2-5,9H,6,11H2,1H3. The summed E-state index contributed by atoms with van der Waals surface area (Å²) < 4.78 is 0. The van der Waals surface area contributed by atoms with Crippen molar-refractivity contribution in [1.82, 2.24) is 5.25 Å². The molecule has 60 valence electrons. The predicted octanol–water partition coefficient (Wildman–Crippen LogP) is 1.81. The number of rotatable bonds is 3. The zero-order valence-electron chi connectivity index (χ0n) is 6.50. The van der Waals surface area contributed by atoms with Gasteiger partial charge in [0.15, 0.2) is 0 Å². The van der Waals surface area contributed by atoms with Crippen LogP contribution in [0.4, 0.5) is 0 Å². The van der Waals surface area contributed by atoms with Crippen LogP contribution in [-0.2, 0) is 11.4 Å². The maximum Gasteiger partial charge on any atom is 0.0936 e. The molecule has 0 heterocycles. The molecule has 0 saturated carbocycles. The lowest BCUT2D eigenvalue weighted by Gasteiger charge is -2.01. The molecule has 0 bridgehead atoms. The Morgan fingerprint density at radius 1 is 1.55 bits per heavy atom. The van der Waals surface area contributed by atoms with Gasteiger partial charge >= 0.3 is 0 Å². The third kappa shape index (κ3) is 2.98. The van der Waals surface area contributed by atoms with Crippen LogP contribution in [0.25, 0.3) is 0 Å². The van der Waals surface area contributed by atoms with Crippen LogP contribution in [0.3, 0.4) is 0 Å². The highest BCUT2D eigenvalue weighted by Crippen LogP contribution is 2.04. The maximum atomic E-state index is 4.99. The van der Waals surface area contributed by atoms with Gasteiger partial charge in [-0.1, -0.05) is 29.8 Å². The van der Waals surface area contributed by atoms with E-state index < -0.39 is 0 Å². The van der Waals surface area contributed by atoms with Gasteiger partial charge in [-0.05, 0) is 21.9 Å². The van der Waals surface area contributed by atoms with Crippen LogP contribution in [0.1, 0.15) is 11.1 Å². The van der Waals surface area contributed by atoms with Crippen LogP contribution in [-0.4, -0.2) is 0 Å². The fraction of sp³-hybridized carbons (Fsp3) is 0.250. The molecule has 2 nitrogen and oxygen atoms in total. The van der Waals surface area contributed by atoms with E-state index in [1.165, 1.54) is 11.1 Å². The second-order valence-electron chi connectivity index (χ2n) is 2.40. The highest BCUT2D eigenvalue weighted by molar-refractivity contribution is 7.13. The Morgan fingerprint density at radius 2 is 2.36 bits per heavy atom. The summed E-state index contributed by atoms with van der Waals surface area (Å²) in [4.78, 5) is 4.99. The monoisotopic (exact) mass is 169 g/mol. The normalized spacial score (nSPS) is 10.0. The van der Waals surface area contributed by atoms with Crippen molar-refractivity contribution in [1.29, 1.82) is 0 Å². The molecular formula is C8H12NOP. The molecule has 1 aromatic rings. The predicted molar refractivity (Wildman–Crippen MR) is 48.8 cm³/mol. The summed E-state index contributed by atoms with van der Waals surface area (Å²) in [5, 5.41) is 2.55. The summed E-state index contributed by atoms with van der Waals surface area (Å²) in [6, 6.07) is 8.23. The molecule has 0 aliphatic carbocycles. The fourth-order valence-corrected chi connectivity index (χ4v) is 1.01. The van der Waals surface area contributed by atoms with Gasteiger partial charge < -0.3 is 0 Å². The van der Waals surface area contributed by atoms with Crippen LogP contribution in [0.15, 0.2) is 24.3 Å². The molecule has 0 aliphatic heterocycles. The van der Waals surface area contributed by atoms with Gasteiger partial charge in [-0.25, -0.2) is 0 Å². The SMILES string of the molecule is Cc1cccc(CONP)c1. The largest absolute Gasteiger partial charge is 0.294 e. The van der Waals surface area contributed by atoms with E-state index in [0.29, 0.717) is 6.61 Å². The molecule has 0 amide bonds. The number of benzene rings is 1. The first-order chi connectivity index (χ1) is 5.33. The number of hydrogen-bond donors (Lipinski definition) is 1. The van der Waals surface area contributed by atoms with Gasteiger partial charge in [0.05, 0.1) is 6.61 Å². The molecule has 1 N–H and O–H groups in total. The van der Waals surface area contributed by atoms with E-state index in [1.54, 1.807) is 0 Å². The van der Waals surface area contributed by atoms with E-state index in [9.17, 15) is 0 Å². The molecular weight excluding hydrogens is 157 g/mol. The molecule has 0 aliphatic rings. The van der Waals surface area contributed by atoms with Crippen molar-refractivity contribution in [2.24, 2.45) is 0 Å². The molecule has 1 aromatic carbocycles. The Kier molecular flexibility index (Phi) is 3.50. The smallest absolute Gasteiger partial charge is 0.0936 e. The molecule has 0 fully saturated rings. The first-order valence-corrected chi connectivity index (χ1v) is 4.03. The van der Waals surface area contributed by atoms with Gasteiger partial charge in [-0.15, -0.1) is 0 Å². The van der Waals surface area contributed by atoms with Crippen molar-refractivity contribution in [2.45, 2.75) is 13.5 Å². The van der Waals surface area contributed by atoms with Gasteiger partial charge in [0.25, 0.3) is 0 Å². The van der Waals surface area contributed by atoms with Crippen molar-refractivity contribution in [3.63, 3.8) is 0 Å². The highest BCUT2D eigenvalue weighted by atomic mass is 31.0. The van der Waals surface area contributed by atoms with E-state index in [2.05, 4.69) is 33.7 Å². The highest BCUT2D eigenvalue weighted by Gasteiger charge is 1.90. The van der Waals surface area contributed by atoms with Gasteiger partial charge in [0.2, 0.25) is 0 Å². The van der Waals surface area contributed by atoms with Crippen LogP contribution in [0.5, 0.6) is 0 Å². The number of aryl methyl sites for hydroxylation is 1. The third-order valence-electron chi connectivity index (χ3n) is 1.40. The number of nitrogens with one attached hydrogen (secondary N) is 1. The molecule has 1 rings (SSSR count). The van der Waals surface area contributed by atoms with E-state index in [0.717, 1.165) is 0 Å². The minimum Gasteiger partial charge on any atom is -0.294 e. The summed E-state index contributed by atoms with van der Waals surface area (Å²) in [5.74, 6) is 0. The number of hydrogen-bond acceptors (Lipinski definition) is 2. The first-order valence-electron chi connectivity index (χ1n) is 3.46. The molecule has 1 atom stereocenters. The Labute approximate surface area is 69.2 Å². The Balaban J connectivity index is 2.56. The second kappa shape index (κ2) is 4.45. The topological polar surface area (TPSA) is 21.3 Å². The Morgan fingerprint density at radius 3 is 3.00 bits per heavy atom. The van der Waals surface area contributed by atoms with Crippen LogP contribution in [0.2, 0.25) is 0 Å². The maximum absolute atomic E-state index is 4.99. The van der Waals surface area contributed by atoms with E-state index >= 15 is 0 Å². The summed E-state index contributed by atoms with van der Waals surface area (Å²) in [6.07, 6.45) is 0. The van der Waals surface area contributed by atoms with Crippen molar-refractivity contribution < 1.29 is 4.84 Å². The lowest BCUT2D eigenvalue weighted by atomic mass is 10.1. The lowest BCUT2D eigenvalue weighted by molar-refractivity contribution is 0.0864. The fourth-order valence-electron chi connectivity index (χ4n) is 0.927. The van der Waals surface area contributed by atoms with E-state index in [4.69, 9.17) is 4.84 Å². The molecule has 1 unspecified atom stereocenters. The quantitative estimate of drug-likeness (QED) is 0.550. The van der Waals surface area contributed by atoms with Crippen molar-refractivity contribution >= 4 is 9.39 Å². The average Bonchev–Trinajstić information content (AvgIpc) is 2.01. The molecule has 0 aromatic heterocycles. The van der Waals surface area contributed by atoms with Crippen LogP contribution in [0, 0.1) is 6.92 Å². The lowest BCUT2D eigenvalue weighted by Crippen LogP contribution is -1.99. The molecule has 3 heteroatoms. The zero-order chi connectivity index (χ0) is 8.10. The minimum absolute atomic E-state index is 0.602. The van der Waals surface area contributed by atoms with Gasteiger partial charge in [-0.3, -0.25) is 4.84 Å². The Bertz CT molecular complexity index is 227. The van der Waals surface area contributed by atoms with E-state index in [-0.39, 0.29) is 0 Å². The van der Waals surface area contributed by atoms with Crippen molar-refractivity contribution in [3.8, 4) is 0 Å². The van der Waals surface area contributed by atoms with E-state index in [1.807, 2.05) is 12.1 Å². The third-order valence-corrected chi connectivity index (χ3v) is 1.57. The summed E-state index contributed by atoms with van der Waals surface area (Å²) in [5.41, 5.74) is 2.44. The van der Waals surface area contributed by atoms with Crippen molar-refractivity contribution in [3.05, 3.63) is 35.4 Å². The van der Waals surface area contributed by atoms with Gasteiger partial charge in [-0.2, -0.15) is 5.25 Å². The zero-order valence-corrected chi connectivity index (χ0v) is 7.66. The molecule has 0 saturated heterocycles. The van der Waals surface area contributed by atoms with Crippen LogP contribution < -0.4 is 5.25 Å². The van der Waals surface area contributed by atoms with Gasteiger partial charge in [0.1, 0.15) is 0 Å². The molecule has 11 heavy (non-hydrogen) atoms. The van der Waals surface area contributed by atoms with Crippen LogP contribution >= 0.6 is 9.39 Å². The van der Waals surface area contributed by atoms with Gasteiger partial charge in [0, 0.05) is 0 Å². The molecule has 0 radical (unpaired) electrons. The minimum atomic E-state index is 0.602. The van der Waals surface area contributed by atoms with Crippen molar-refractivity contribution in [2.75, 3.05) is 0 Å². The second-order valence-corrected chi connectivity index (χ2v) is 2.63.